The molecule has 4 nitrogen and oxygen atoms in total. The van der Waals surface area contributed by atoms with Crippen molar-refractivity contribution in [3.63, 3.8) is 0 Å². The Morgan fingerprint density at radius 1 is 1.82 bits per heavy atom. The maximum atomic E-state index is 11.1. The third kappa shape index (κ3) is 1.60. The van der Waals surface area contributed by atoms with Crippen molar-refractivity contribution in [2.45, 2.75) is 12.9 Å². The van der Waals surface area contributed by atoms with Crippen LogP contribution in [-0.2, 0) is 0 Å². The fraction of sp³-hybridized carbons (Fsp3) is 0.333. The van der Waals surface area contributed by atoms with Gasteiger partial charge < -0.3 is 10.3 Å². The van der Waals surface area contributed by atoms with Gasteiger partial charge in [0, 0.05) is 12.1 Å². The molecule has 1 atom stereocenters. The first-order chi connectivity index (χ1) is 5.11. The van der Waals surface area contributed by atoms with Crippen LogP contribution >= 0.6 is 0 Å². The number of hydrogen-bond acceptors (Lipinski definition) is 3. The Labute approximate surface area is 65.5 Å². The average Bonchev–Trinajstić information content (AvgIpc) is 1.85. The van der Waals surface area contributed by atoms with Crippen LogP contribution in [0.1, 0.15) is 12.9 Å². The van der Waals surface area contributed by atoms with Crippen LogP contribution in [0.25, 0.3) is 0 Å². The van der Waals surface area contributed by atoms with Crippen molar-refractivity contribution in [2.24, 2.45) is 0 Å². The molecule has 5 heteroatoms. The summed E-state index contributed by atoms with van der Waals surface area (Å²) in [6.45, 7) is 1.92. The molecular formula is C6H10BN3O. The fourth-order valence-corrected chi connectivity index (χ4v) is 0.819. The Kier molecular flexibility index (Phi) is 1.98. The first kappa shape index (κ1) is 7.85. The highest BCUT2D eigenvalue weighted by Gasteiger charge is 2.00. The number of nitrogen functional groups attached to an aromatic ring is 1. The zero-order valence-electron chi connectivity index (χ0n) is 6.61. The number of nitrogens with two attached hydrogens (primary N) is 1. The number of nitrogens with zero attached hydrogens (tertiary/aromatic N) is 2. The Morgan fingerprint density at radius 3 is 2.91 bits per heavy atom. The minimum Gasteiger partial charge on any atom is -0.383 e. The maximum absolute atomic E-state index is 11.1. The van der Waals surface area contributed by atoms with Crippen LogP contribution in [0.5, 0.6) is 0 Å². The Hall–Kier alpha value is -1.26. The van der Waals surface area contributed by atoms with Gasteiger partial charge >= 0.3 is 5.69 Å². The molecule has 0 radical (unpaired) electrons. The van der Waals surface area contributed by atoms with Gasteiger partial charge in [0.2, 0.25) is 0 Å². The number of hydrogen-bond donors (Lipinski definition) is 1. The first-order valence-corrected chi connectivity index (χ1v) is 3.46. The Balaban J connectivity index is 3.21. The number of aromatic nitrogens is 2. The molecule has 1 unspecified atom stereocenters. The minimum atomic E-state index is -0.292. The second kappa shape index (κ2) is 2.78. The van der Waals surface area contributed by atoms with E-state index < -0.39 is 0 Å². The summed E-state index contributed by atoms with van der Waals surface area (Å²) in [7, 11) is 1.92. The van der Waals surface area contributed by atoms with E-state index in [9.17, 15) is 4.79 Å². The highest BCUT2D eigenvalue weighted by atomic mass is 16.1. The van der Waals surface area contributed by atoms with Gasteiger partial charge in [-0.25, -0.2) is 4.79 Å². The standard InChI is InChI=1S/C6H10BN3O/c1-4(7)10-3-2-5(8)9-6(10)11/h2-4H,7H2,1H3,(H2,8,9,11). The molecule has 1 heterocycles. The molecule has 58 valence electrons. The van der Waals surface area contributed by atoms with E-state index in [1.165, 1.54) is 4.57 Å². The van der Waals surface area contributed by atoms with Crippen LogP contribution in [0.2, 0.25) is 0 Å². The predicted octanol–water partition coefficient (Wildman–Crippen LogP) is -1.02. The normalized spacial score (nSPS) is 12.8. The van der Waals surface area contributed by atoms with Crippen molar-refractivity contribution in [2.75, 3.05) is 5.73 Å². The molecule has 0 bridgehead atoms. The lowest BCUT2D eigenvalue weighted by Crippen LogP contribution is -2.25. The van der Waals surface area contributed by atoms with Gasteiger partial charge in [-0.2, -0.15) is 4.98 Å². The lowest BCUT2D eigenvalue weighted by Gasteiger charge is -2.07. The third-order valence-electron chi connectivity index (χ3n) is 1.41. The summed E-state index contributed by atoms with van der Waals surface area (Å²) in [5, 5.41) is 0. The molecule has 0 aliphatic heterocycles. The Morgan fingerprint density at radius 2 is 2.45 bits per heavy atom. The summed E-state index contributed by atoms with van der Waals surface area (Å²) in [6, 6.07) is 1.61. The van der Waals surface area contributed by atoms with Crippen molar-refractivity contribution >= 4 is 13.7 Å². The van der Waals surface area contributed by atoms with Crippen molar-refractivity contribution in [3.05, 3.63) is 22.7 Å². The summed E-state index contributed by atoms with van der Waals surface area (Å²) < 4.78 is 1.52. The van der Waals surface area contributed by atoms with E-state index in [4.69, 9.17) is 5.73 Å². The molecule has 0 fully saturated rings. The fourth-order valence-electron chi connectivity index (χ4n) is 0.819. The zero-order valence-corrected chi connectivity index (χ0v) is 6.61. The van der Waals surface area contributed by atoms with E-state index in [-0.39, 0.29) is 17.4 Å². The van der Waals surface area contributed by atoms with Gasteiger partial charge in [-0.15, -0.1) is 0 Å². The third-order valence-corrected chi connectivity index (χ3v) is 1.41. The molecule has 0 aromatic carbocycles. The lowest BCUT2D eigenvalue weighted by atomic mass is 9.99. The highest BCUT2D eigenvalue weighted by Crippen LogP contribution is 1.95. The SMILES string of the molecule is BC(C)n1ccc(N)nc1=O. The minimum absolute atomic E-state index is 0.135. The molecule has 0 saturated carbocycles. The van der Waals surface area contributed by atoms with Crippen LogP contribution < -0.4 is 11.4 Å². The molecule has 1 aromatic rings. The molecule has 11 heavy (non-hydrogen) atoms. The van der Waals surface area contributed by atoms with Gasteiger partial charge in [0.15, 0.2) is 0 Å². The van der Waals surface area contributed by atoms with Crippen LogP contribution in [0, 0.1) is 0 Å². The monoisotopic (exact) mass is 151 g/mol. The zero-order chi connectivity index (χ0) is 8.43. The second-order valence-electron chi connectivity index (χ2n) is 2.64. The van der Waals surface area contributed by atoms with E-state index >= 15 is 0 Å². The van der Waals surface area contributed by atoms with E-state index in [1.807, 2.05) is 14.8 Å². The van der Waals surface area contributed by atoms with Gasteiger partial charge in [0.25, 0.3) is 0 Å². The average molecular weight is 151 g/mol. The summed E-state index contributed by atoms with van der Waals surface area (Å²) in [4.78, 5) is 14.6. The van der Waals surface area contributed by atoms with Gasteiger partial charge in [-0.3, -0.25) is 0 Å². The van der Waals surface area contributed by atoms with Gasteiger partial charge in [-0.05, 0) is 6.07 Å². The summed E-state index contributed by atoms with van der Waals surface area (Å²) in [6.07, 6.45) is 1.65. The van der Waals surface area contributed by atoms with Crippen molar-refractivity contribution < 1.29 is 0 Å². The smallest absolute Gasteiger partial charge is 0.349 e. The lowest BCUT2D eigenvalue weighted by molar-refractivity contribution is 0.672. The quantitative estimate of drug-likeness (QED) is 0.522. The maximum Gasteiger partial charge on any atom is 0.349 e. The van der Waals surface area contributed by atoms with Crippen molar-refractivity contribution in [1.29, 1.82) is 0 Å². The Bertz CT molecular complexity index is 307. The molecule has 0 aliphatic carbocycles. The van der Waals surface area contributed by atoms with Gasteiger partial charge in [0.05, 0.1) is 0 Å². The van der Waals surface area contributed by atoms with E-state index in [0.717, 1.165) is 0 Å². The largest absolute Gasteiger partial charge is 0.383 e. The van der Waals surface area contributed by atoms with E-state index in [2.05, 4.69) is 4.98 Å². The summed E-state index contributed by atoms with van der Waals surface area (Å²) in [5.74, 6) is 0.405. The van der Waals surface area contributed by atoms with Crippen LogP contribution in [-0.4, -0.2) is 17.4 Å². The summed E-state index contributed by atoms with van der Waals surface area (Å²) >= 11 is 0. The highest BCUT2D eigenvalue weighted by molar-refractivity contribution is 6.10. The predicted molar refractivity (Wildman–Crippen MR) is 46.2 cm³/mol. The van der Waals surface area contributed by atoms with Crippen molar-refractivity contribution in [3.8, 4) is 0 Å². The molecule has 1 rings (SSSR count). The van der Waals surface area contributed by atoms with E-state index in [1.54, 1.807) is 12.3 Å². The van der Waals surface area contributed by atoms with Crippen LogP contribution in [0.4, 0.5) is 5.82 Å². The topological polar surface area (TPSA) is 60.9 Å². The van der Waals surface area contributed by atoms with Crippen LogP contribution in [0.15, 0.2) is 17.1 Å². The number of rotatable bonds is 1. The van der Waals surface area contributed by atoms with Gasteiger partial charge in [0.1, 0.15) is 13.7 Å². The van der Waals surface area contributed by atoms with Crippen LogP contribution in [0.3, 0.4) is 0 Å². The molecule has 1 aromatic heterocycles. The molecule has 0 amide bonds. The summed E-state index contributed by atoms with van der Waals surface area (Å²) in [5.41, 5.74) is 5.01. The molecule has 0 aliphatic rings. The molecule has 2 N–H and O–H groups in total. The second-order valence-corrected chi connectivity index (χ2v) is 2.64. The molecule has 0 saturated heterocycles. The first-order valence-electron chi connectivity index (χ1n) is 3.46. The van der Waals surface area contributed by atoms with E-state index in [0.29, 0.717) is 0 Å². The molecule has 0 spiro atoms. The number of anilines is 1. The molecular weight excluding hydrogens is 141 g/mol. The van der Waals surface area contributed by atoms with Gasteiger partial charge in [-0.1, -0.05) is 6.92 Å². The van der Waals surface area contributed by atoms with Crippen molar-refractivity contribution in [1.82, 2.24) is 9.55 Å².